The van der Waals surface area contributed by atoms with Crippen LogP contribution in [0.2, 0.25) is 0 Å². The minimum absolute atomic E-state index is 0.0788. The van der Waals surface area contributed by atoms with E-state index in [-0.39, 0.29) is 5.56 Å². The lowest BCUT2D eigenvalue weighted by atomic mass is 10.1. The molecule has 0 aromatic heterocycles. The minimum Gasteiger partial charge on any atom is -0.379 e. The fourth-order valence-corrected chi connectivity index (χ4v) is 2.31. The van der Waals surface area contributed by atoms with Crippen molar-refractivity contribution in [2.75, 3.05) is 32.8 Å². The lowest BCUT2D eigenvalue weighted by Crippen LogP contribution is -2.44. The Morgan fingerprint density at radius 1 is 1.20 bits per heavy atom. The predicted octanol–water partition coefficient (Wildman–Crippen LogP) is 2.43. The number of rotatable bonds is 6. The zero-order chi connectivity index (χ0) is 14.4. The summed E-state index contributed by atoms with van der Waals surface area (Å²) < 4.78 is 30.2. The maximum atomic E-state index is 12.4. The summed E-state index contributed by atoms with van der Waals surface area (Å²) in [6, 6.07) is 6.87. The van der Waals surface area contributed by atoms with E-state index in [1.54, 1.807) is 12.1 Å². The molecule has 0 saturated carbocycles. The first-order valence-corrected chi connectivity index (χ1v) is 7.05. The Labute approximate surface area is 118 Å². The summed E-state index contributed by atoms with van der Waals surface area (Å²) in [5, 5.41) is 3.42. The van der Waals surface area contributed by atoms with E-state index in [1.807, 2.05) is 0 Å². The van der Waals surface area contributed by atoms with Crippen molar-refractivity contribution in [3.63, 3.8) is 0 Å². The van der Waals surface area contributed by atoms with Crippen molar-refractivity contribution < 1.29 is 13.5 Å². The molecule has 1 aromatic carbocycles. The first-order chi connectivity index (χ1) is 9.65. The van der Waals surface area contributed by atoms with Crippen LogP contribution < -0.4 is 5.32 Å². The van der Waals surface area contributed by atoms with E-state index in [1.165, 1.54) is 12.1 Å². The van der Waals surface area contributed by atoms with E-state index in [0.717, 1.165) is 38.4 Å². The van der Waals surface area contributed by atoms with Crippen LogP contribution in [0.25, 0.3) is 0 Å². The zero-order valence-electron chi connectivity index (χ0n) is 11.8. The van der Waals surface area contributed by atoms with Gasteiger partial charge in [-0.25, -0.2) is 8.78 Å². The molecule has 1 atom stereocenters. The van der Waals surface area contributed by atoms with Crippen LogP contribution in [0.5, 0.6) is 0 Å². The van der Waals surface area contributed by atoms with Crippen molar-refractivity contribution in [3.05, 3.63) is 35.4 Å². The van der Waals surface area contributed by atoms with Crippen LogP contribution in [0.15, 0.2) is 24.3 Å². The van der Waals surface area contributed by atoms with E-state index in [0.29, 0.717) is 12.6 Å². The molecular formula is C15H22F2N2O. The maximum Gasteiger partial charge on any atom is 0.263 e. The van der Waals surface area contributed by atoms with Gasteiger partial charge in [-0.1, -0.05) is 24.3 Å². The highest BCUT2D eigenvalue weighted by molar-refractivity contribution is 5.23. The molecule has 0 amide bonds. The number of halogens is 2. The molecule has 0 spiro atoms. The van der Waals surface area contributed by atoms with E-state index in [9.17, 15) is 8.78 Å². The van der Waals surface area contributed by atoms with Crippen LogP contribution in [-0.2, 0) is 11.3 Å². The number of alkyl halides is 2. The van der Waals surface area contributed by atoms with Gasteiger partial charge >= 0.3 is 0 Å². The van der Waals surface area contributed by atoms with Crippen molar-refractivity contribution in [1.29, 1.82) is 0 Å². The van der Waals surface area contributed by atoms with Crippen molar-refractivity contribution in [2.24, 2.45) is 0 Å². The summed E-state index contributed by atoms with van der Waals surface area (Å²) in [5.74, 6) is 0. The SMILES string of the molecule is CC(CN1CCOCC1)NCc1ccc(C(F)F)cc1. The summed E-state index contributed by atoms with van der Waals surface area (Å²) in [7, 11) is 0. The molecule has 1 aromatic rings. The smallest absolute Gasteiger partial charge is 0.263 e. The quantitative estimate of drug-likeness (QED) is 0.868. The number of nitrogens with zero attached hydrogens (tertiary/aromatic N) is 1. The second-order valence-electron chi connectivity index (χ2n) is 5.24. The van der Waals surface area contributed by atoms with Crippen molar-refractivity contribution in [1.82, 2.24) is 10.2 Å². The minimum atomic E-state index is -2.39. The molecule has 112 valence electrons. The number of hydrogen-bond donors (Lipinski definition) is 1. The van der Waals surface area contributed by atoms with Crippen molar-refractivity contribution >= 4 is 0 Å². The van der Waals surface area contributed by atoms with Crippen LogP contribution in [0.1, 0.15) is 24.5 Å². The second kappa shape index (κ2) is 7.67. The number of ether oxygens (including phenoxy) is 1. The number of hydrogen-bond acceptors (Lipinski definition) is 3. The Kier molecular flexibility index (Phi) is 5.88. The third-order valence-electron chi connectivity index (χ3n) is 3.52. The van der Waals surface area contributed by atoms with E-state index >= 15 is 0 Å². The molecule has 1 N–H and O–H groups in total. The molecular weight excluding hydrogens is 262 g/mol. The van der Waals surface area contributed by atoms with Gasteiger partial charge in [0.25, 0.3) is 6.43 Å². The van der Waals surface area contributed by atoms with Gasteiger partial charge in [-0.05, 0) is 12.5 Å². The average Bonchev–Trinajstić information content (AvgIpc) is 2.46. The maximum absolute atomic E-state index is 12.4. The van der Waals surface area contributed by atoms with Gasteiger partial charge in [-0.15, -0.1) is 0 Å². The Morgan fingerprint density at radius 3 is 2.45 bits per heavy atom. The molecule has 1 aliphatic heterocycles. The number of morpholine rings is 1. The molecule has 0 aliphatic carbocycles. The first-order valence-electron chi connectivity index (χ1n) is 7.05. The number of benzene rings is 1. The highest BCUT2D eigenvalue weighted by Gasteiger charge is 2.13. The highest BCUT2D eigenvalue weighted by Crippen LogP contribution is 2.18. The summed E-state index contributed by atoms with van der Waals surface area (Å²) in [5.41, 5.74) is 1.11. The molecule has 0 radical (unpaired) electrons. The molecule has 5 heteroatoms. The van der Waals surface area contributed by atoms with Gasteiger partial charge in [0.05, 0.1) is 13.2 Å². The van der Waals surface area contributed by atoms with Gasteiger partial charge in [0, 0.05) is 37.8 Å². The Bertz CT molecular complexity index is 391. The van der Waals surface area contributed by atoms with Crippen LogP contribution in [-0.4, -0.2) is 43.8 Å². The van der Waals surface area contributed by atoms with Gasteiger partial charge in [0.15, 0.2) is 0 Å². The molecule has 1 saturated heterocycles. The van der Waals surface area contributed by atoms with Crippen LogP contribution in [0.4, 0.5) is 8.78 Å². The third-order valence-corrected chi connectivity index (χ3v) is 3.52. The zero-order valence-corrected chi connectivity index (χ0v) is 11.8. The highest BCUT2D eigenvalue weighted by atomic mass is 19.3. The second-order valence-corrected chi connectivity index (χ2v) is 5.24. The molecule has 1 aliphatic rings. The van der Waals surface area contributed by atoms with Crippen LogP contribution in [0, 0.1) is 0 Å². The van der Waals surface area contributed by atoms with E-state index in [2.05, 4.69) is 17.1 Å². The standard InChI is InChI=1S/C15H22F2N2O/c1-12(11-19-6-8-20-9-7-19)18-10-13-2-4-14(5-3-13)15(16)17/h2-5,12,15,18H,6-11H2,1H3. The third kappa shape index (κ3) is 4.81. The summed E-state index contributed by atoms with van der Waals surface area (Å²) in [6.07, 6.45) is -2.39. The largest absolute Gasteiger partial charge is 0.379 e. The monoisotopic (exact) mass is 284 g/mol. The normalized spacial score (nSPS) is 18.4. The summed E-state index contributed by atoms with van der Waals surface area (Å²) >= 11 is 0. The molecule has 2 rings (SSSR count). The summed E-state index contributed by atoms with van der Waals surface area (Å²) in [4.78, 5) is 2.38. The van der Waals surface area contributed by atoms with Gasteiger partial charge < -0.3 is 10.1 Å². The molecule has 1 heterocycles. The molecule has 1 unspecified atom stereocenters. The van der Waals surface area contributed by atoms with Crippen LogP contribution >= 0.6 is 0 Å². The lowest BCUT2D eigenvalue weighted by molar-refractivity contribution is 0.0343. The first kappa shape index (κ1) is 15.4. The Morgan fingerprint density at radius 2 is 1.85 bits per heavy atom. The predicted molar refractivity (Wildman–Crippen MR) is 75.0 cm³/mol. The molecule has 3 nitrogen and oxygen atoms in total. The molecule has 0 bridgehead atoms. The van der Waals surface area contributed by atoms with Gasteiger partial charge in [0.1, 0.15) is 0 Å². The van der Waals surface area contributed by atoms with Gasteiger partial charge in [0.2, 0.25) is 0 Å². The molecule has 1 fully saturated rings. The van der Waals surface area contributed by atoms with E-state index < -0.39 is 6.43 Å². The van der Waals surface area contributed by atoms with Crippen LogP contribution in [0.3, 0.4) is 0 Å². The van der Waals surface area contributed by atoms with E-state index in [4.69, 9.17) is 4.74 Å². The average molecular weight is 284 g/mol. The number of nitrogens with one attached hydrogen (secondary N) is 1. The fourth-order valence-electron chi connectivity index (χ4n) is 2.31. The molecule has 20 heavy (non-hydrogen) atoms. The van der Waals surface area contributed by atoms with Crippen molar-refractivity contribution in [2.45, 2.75) is 25.9 Å². The van der Waals surface area contributed by atoms with Crippen molar-refractivity contribution in [3.8, 4) is 0 Å². The fraction of sp³-hybridized carbons (Fsp3) is 0.600. The van der Waals surface area contributed by atoms with Gasteiger partial charge in [-0.2, -0.15) is 0 Å². The Balaban J connectivity index is 1.73. The summed E-state index contributed by atoms with van der Waals surface area (Å²) in [6.45, 7) is 7.41. The Hall–Kier alpha value is -1.04. The lowest BCUT2D eigenvalue weighted by Gasteiger charge is -2.29. The van der Waals surface area contributed by atoms with Gasteiger partial charge in [-0.3, -0.25) is 4.90 Å². The topological polar surface area (TPSA) is 24.5 Å².